The highest BCUT2D eigenvalue weighted by molar-refractivity contribution is 7.89. The van der Waals surface area contributed by atoms with E-state index in [0.717, 1.165) is 37.6 Å². The minimum atomic E-state index is -4.32. The van der Waals surface area contributed by atoms with Crippen LogP contribution in [0.1, 0.15) is 26.7 Å². The zero-order valence-corrected chi connectivity index (χ0v) is 13.8. The fourth-order valence-electron chi connectivity index (χ4n) is 2.79. The third kappa shape index (κ3) is 3.85. The first-order valence-electron chi connectivity index (χ1n) is 7.31. The van der Waals surface area contributed by atoms with Crippen LogP contribution in [-0.2, 0) is 10.0 Å². The molecule has 0 saturated carbocycles. The van der Waals surface area contributed by atoms with Gasteiger partial charge in [0.1, 0.15) is 5.82 Å². The van der Waals surface area contributed by atoms with E-state index in [2.05, 4.69) is 10.0 Å². The van der Waals surface area contributed by atoms with Gasteiger partial charge in [0.2, 0.25) is 10.0 Å². The lowest BCUT2D eigenvalue weighted by atomic mass is 9.78. The number of nitro groups is 1. The van der Waals surface area contributed by atoms with Gasteiger partial charge in [-0.2, -0.15) is 0 Å². The third-order valence-electron chi connectivity index (χ3n) is 4.22. The SMILES string of the molecule is CC1(C)CCCNC1CNS(=O)(=O)c1c(F)cccc1[N+](=O)[O-]. The molecular weight excluding hydrogens is 325 g/mol. The Kier molecular flexibility index (Phi) is 5.02. The molecule has 0 radical (unpaired) electrons. The molecule has 2 N–H and O–H groups in total. The zero-order chi connectivity index (χ0) is 17.3. The molecule has 0 aromatic heterocycles. The summed E-state index contributed by atoms with van der Waals surface area (Å²) >= 11 is 0. The second kappa shape index (κ2) is 6.50. The normalized spacial score (nSPS) is 21.1. The van der Waals surface area contributed by atoms with Gasteiger partial charge in [-0.05, 0) is 30.9 Å². The lowest BCUT2D eigenvalue weighted by molar-refractivity contribution is -0.388. The number of rotatable bonds is 5. The van der Waals surface area contributed by atoms with E-state index in [1.54, 1.807) is 0 Å². The molecule has 9 heteroatoms. The van der Waals surface area contributed by atoms with Crippen LogP contribution >= 0.6 is 0 Å². The molecule has 1 atom stereocenters. The van der Waals surface area contributed by atoms with Gasteiger partial charge in [0, 0.05) is 18.7 Å². The van der Waals surface area contributed by atoms with Gasteiger partial charge >= 0.3 is 0 Å². The molecule has 1 aliphatic rings. The molecule has 1 saturated heterocycles. The number of piperidine rings is 1. The maximum Gasteiger partial charge on any atom is 0.292 e. The predicted octanol–water partition coefficient (Wildman–Crippen LogP) is 1.79. The lowest BCUT2D eigenvalue weighted by Crippen LogP contribution is -2.52. The number of halogens is 1. The molecule has 0 bridgehead atoms. The minimum Gasteiger partial charge on any atom is -0.312 e. The Morgan fingerprint density at radius 3 is 2.78 bits per heavy atom. The molecule has 1 aromatic carbocycles. The molecule has 1 aliphatic heterocycles. The maximum absolute atomic E-state index is 13.9. The number of hydrogen-bond acceptors (Lipinski definition) is 5. The van der Waals surface area contributed by atoms with Gasteiger partial charge in [0.15, 0.2) is 4.90 Å². The third-order valence-corrected chi connectivity index (χ3v) is 5.71. The summed E-state index contributed by atoms with van der Waals surface area (Å²) in [5.41, 5.74) is -0.893. The van der Waals surface area contributed by atoms with Crippen molar-refractivity contribution in [2.75, 3.05) is 13.1 Å². The fourth-order valence-corrected chi connectivity index (χ4v) is 4.06. The van der Waals surface area contributed by atoms with Crippen molar-refractivity contribution in [3.8, 4) is 0 Å². The lowest BCUT2D eigenvalue weighted by Gasteiger charge is -2.39. The van der Waals surface area contributed by atoms with Gasteiger partial charge in [-0.15, -0.1) is 0 Å². The topological polar surface area (TPSA) is 101 Å². The second-order valence-electron chi connectivity index (χ2n) is 6.30. The average Bonchev–Trinajstić information content (AvgIpc) is 2.45. The Morgan fingerprint density at radius 1 is 1.48 bits per heavy atom. The molecule has 0 spiro atoms. The number of nitro benzene ring substituents is 1. The van der Waals surface area contributed by atoms with Gasteiger partial charge in [-0.25, -0.2) is 17.5 Å². The molecule has 1 unspecified atom stereocenters. The molecule has 0 aliphatic carbocycles. The summed E-state index contributed by atoms with van der Waals surface area (Å²) in [6, 6.07) is 2.85. The van der Waals surface area contributed by atoms with Crippen LogP contribution in [0, 0.1) is 21.3 Å². The van der Waals surface area contributed by atoms with E-state index in [4.69, 9.17) is 0 Å². The molecule has 0 amide bonds. The molecule has 1 heterocycles. The first-order valence-corrected chi connectivity index (χ1v) is 8.79. The van der Waals surface area contributed by atoms with Gasteiger partial charge < -0.3 is 5.32 Å². The minimum absolute atomic E-state index is 0.0425. The number of hydrogen-bond donors (Lipinski definition) is 2. The Morgan fingerprint density at radius 2 is 2.17 bits per heavy atom. The van der Waals surface area contributed by atoms with Crippen LogP contribution in [-0.4, -0.2) is 32.5 Å². The van der Waals surface area contributed by atoms with E-state index < -0.39 is 31.3 Å². The summed E-state index contributed by atoms with van der Waals surface area (Å²) in [6.45, 7) is 4.85. The van der Waals surface area contributed by atoms with Crippen molar-refractivity contribution >= 4 is 15.7 Å². The number of nitrogens with zero attached hydrogens (tertiary/aromatic N) is 1. The summed E-state index contributed by atoms with van der Waals surface area (Å²) in [5.74, 6) is -1.14. The monoisotopic (exact) mass is 345 g/mol. The highest BCUT2D eigenvalue weighted by atomic mass is 32.2. The molecule has 1 fully saturated rings. The first-order chi connectivity index (χ1) is 10.6. The Labute approximate surface area is 134 Å². The maximum atomic E-state index is 13.9. The van der Waals surface area contributed by atoms with Crippen molar-refractivity contribution in [3.63, 3.8) is 0 Å². The van der Waals surface area contributed by atoms with E-state index in [9.17, 15) is 22.9 Å². The molecule has 128 valence electrons. The van der Waals surface area contributed by atoms with E-state index in [-0.39, 0.29) is 18.0 Å². The van der Waals surface area contributed by atoms with E-state index in [1.807, 2.05) is 13.8 Å². The second-order valence-corrected chi connectivity index (χ2v) is 8.00. The summed E-state index contributed by atoms with van der Waals surface area (Å²) in [6.07, 6.45) is 1.93. The Hall–Kier alpha value is -1.58. The van der Waals surface area contributed by atoms with Crippen molar-refractivity contribution in [1.29, 1.82) is 0 Å². The highest BCUT2D eigenvalue weighted by Gasteiger charge is 2.35. The molecular formula is C14H20FN3O4S. The van der Waals surface area contributed by atoms with Crippen LogP contribution in [0.25, 0.3) is 0 Å². The van der Waals surface area contributed by atoms with Gasteiger partial charge in [0.05, 0.1) is 4.92 Å². The van der Waals surface area contributed by atoms with Crippen LogP contribution in [0.15, 0.2) is 23.1 Å². The summed E-state index contributed by atoms with van der Waals surface area (Å²) in [5, 5.41) is 14.2. The smallest absolute Gasteiger partial charge is 0.292 e. The quantitative estimate of drug-likeness (QED) is 0.626. The standard InChI is InChI=1S/C14H20FN3O4S/c1-14(2)7-4-8-16-12(14)9-17-23(21,22)13-10(15)5-3-6-11(13)18(19)20/h3,5-6,12,16-17H,4,7-9H2,1-2H3. The van der Waals surface area contributed by atoms with Crippen LogP contribution in [0.4, 0.5) is 10.1 Å². The van der Waals surface area contributed by atoms with E-state index in [1.165, 1.54) is 0 Å². The van der Waals surface area contributed by atoms with Crippen LogP contribution in [0.5, 0.6) is 0 Å². The van der Waals surface area contributed by atoms with Crippen molar-refractivity contribution in [3.05, 3.63) is 34.1 Å². The van der Waals surface area contributed by atoms with Crippen molar-refractivity contribution < 1.29 is 17.7 Å². The van der Waals surface area contributed by atoms with E-state index in [0.29, 0.717) is 0 Å². The largest absolute Gasteiger partial charge is 0.312 e. The van der Waals surface area contributed by atoms with Gasteiger partial charge in [-0.1, -0.05) is 19.9 Å². The van der Waals surface area contributed by atoms with Crippen molar-refractivity contribution in [2.24, 2.45) is 5.41 Å². The molecule has 1 aromatic rings. The number of nitrogens with one attached hydrogen (secondary N) is 2. The molecule has 23 heavy (non-hydrogen) atoms. The zero-order valence-electron chi connectivity index (χ0n) is 13.0. The van der Waals surface area contributed by atoms with Gasteiger partial charge in [0.25, 0.3) is 5.69 Å². The fraction of sp³-hybridized carbons (Fsp3) is 0.571. The highest BCUT2D eigenvalue weighted by Crippen LogP contribution is 2.30. The van der Waals surface area contributed by atoms with E-state index >= 15 is 0 Å². The van der Waals surface area contributed by atoms with Crippen LogP contribution < -0.4 is 10.0 Å². The summed E-state index contributed by atoms with van der Waals surface area (Å²) in [7, 11) is -4.32. The Balaban J connectivity index is 2.25. The van der Waals surface area contributed by atoms with Crippen LogP contribution in [0.3, 0.4) is 0 Å². The Bertz CT molecular complexity index is 706. The predicted molar refractivity (Wildman–Crippen MR) is 83.0 cm³/mol. The van der Waals surface area contributed by atoms with Crippen molar-refractivity contribution in [2.45, 2.75) is 37.6 Å². The number of sulfonamides is 1. The van der Waals surface area contributed by atoms with Gasteiger partial charge in [-0.3, -0.25) is 10.1 Å². The number of benzene rings is 1. The van der Waals surface area contributed by atoms with Crippen LogP contribution in [0.2, 0.25) is 0 Å². The molecule has 2 rings (SSSR count). The summed E-state index contributed by atoms with van der Waals surface area (Å²) < 4.78 is 40.9. The summed E-state index contributed by atoms with van der Waals surface area (Å²) in [4.78, 5) is 9.14. The van der Waals surface area contributed by atoms with Crippen molar-refractivity contribution in [1.82, 2.24) is 10.0 Å². The average molecular weight is 345 g/mol. The first kappa shape index (κ1) is 17.8. The molecule has 7 nitrogen and oxygen atoms in total.